The van der Waals surface area contributed by atoms with Crippen LogP contribution in [0.1, 0.15) is 21.1 Å². The number of carboxylic acids is 1. The molecule has 2 aromatic rings. The van der Waals surface area contributed by atoms with E-state index in [0.29, 0.717) is 5.13 Å². The Balaban J connectivity index is 2.46. The second-order valence-corrected chi connectivity index (χ2v) is 4.11. The van der Waals surface area contributed by atoms with Crippen molar-refractivity contribution in [3.63, 3.8) is 0 Å². The number of thiazole rings is 1. The van der Waals surface area contributed by atoms with Crippen LogP contribution in [-0.4, -0.2) is 25.6 Å². The minimum atomic E-state index is -0.951. The largest absolute Gasteiger partial charge is 0.477 e. The summed E-state index contributed by atoms with van der Waals surface area (Å²) in [6.07, 6.45) is 3.01. The van der Waals surface area contributed by atoms with Gasteiger partial charge >= 0.3 is 5.97 Å². The number of hydrogen-bond acceptors (Lipinski definition) is 4. The van der Waals surface area contributed by atoms with Gasteiger partial charge in [0.15, 0.2) is 5.13 Å². The summed E-state index contributed by atoms with van der Waals surface area (Å²) in [5, 5.41) is 9.40. The molecule has 0 saturated carbocycles. The number of rotatable bonds is 2. The lowest BCUT2D eigenvalue weighted by molar-refractivity contribution is 0.0702. The van der Waals surface area contributed by atoms with Gasteiger partial charge in [-0.3, -0.25) is 4.57 Å². The van der Waals surface area contributed by atoms with Crippen molar-refractivity contribution in [3.8, 4) is 5.13 Å². The van der Waals surface area contributed by atoms with E-state index in [1.807, 2.05) is 13.8 Å². The first-order valence-electron chi connectivity index (χ1n) is 4.29. The molecule has 0 amide bonds. The van der Waals surface area contributed by atoms with Crippen LogP contribution in [0.15, 0.2) is 12.5 Å². The van der Waals surface area contributed by atoms with Crippen molar-refractivity contribution < 1.29 is 9.90 Å². The van der Waals surface area contributed by atoms with E-state index in [1.165, 1.54) is 6.20 Å². The molecular weight excluding hydrogens is 214 g/mol. The van der Waals surface area contributed by atoms with Crippen LogP contribution in [0, 0.1) is 13.8 Å². The number of aromatic nitrogens is 3. The molecule has 5 nitrogen and oxygen atoms in total. The van der Waals surface area contributed by atoms with Crippen molar-refractivity contribution in [1.29, 1.82) is 0 Å². The normalized spacial score (nSPS) is 10.5. The van der Waals surface area contributed by atoms with Gasteiger partial charge in [0, 0.05) is 5.69 Å². The second-order valence-electron chi connectivity index (χ2n) is 3.10. The van der Waals surface area contributed by atoms with Crippen LogP contribution in [-0.2, 0) is 0 Å². The minimum Gasteiger partial charge on any atom is -0.477 e. The number of carboxylic acid groups (broad SMARTS) is 1. The van der Waals surface area contributed by atoms with Crippen LogP contribution in [0.3, 0.4) is 0 Å². The van der Waals surface area contributed by atoms with Gasteiger partial charge in [0.25, 0.3) is 0 Å². The third kappa shape index (κ3) is 1.63. The van der Waals surface area contributed by atoms with Crippen molar-refractivity contribution >= 4 is 17.3 Å². The number of nitrogens with zero attached hydrogens (tertiary/aromatic N) is 3. The highest BCUT2D eigenvalue weighted by molar-refractivity contribution is 7.15. The molecule has 6 heteroatoms. The molecule has 0 radical (unpaired) electrons. The fraction of sp³-hybridized carbons (Fsp3) is 0.222. The maximum Gasteiger partial charge on any atom is 0.347 e. The minimum absolute atomic E-state index is 0.232. The first-order chi connectivity index (χ1) is 7.09. The number of carbonyl (C=O) groups is 1. The molecule has 0 fully saturated rings. The predicted octanol–water partition coefficient (Wildman–Crippen LogP) is 1.64. The standard InChI is InChI=1S/C9H9N3O2S/c1-5-6(2)12(4-11-5)9-10-3-7(15-9)8(13)14/h3-4H,1-2H3,(H,13,14). The fourth-order valence-electron chi connectivity index (χ4n) is 1.17. The zero-order chi connectivity index (χ0) is 11.0. The Bertz CT molecular complexity index is 515. The summed E-state index contributed by atoms with van der Waals surface area (Å²) in [7, 11) is 0. The van der Waals surface area contributed by atoms with Gasteiger partial charge in [0.05, 0.1) is 11.9 Å². The molecule has 0 aliphatic carbocycles. The summed E-state index contributed by atoms with van der Waals surface area (Å²) in [6, 6.07) is 0. The Kier molecular flexibility index (Phi) is 2.28. The smallest absolute Gasteiger partial charge is 0.347 e. The molecule has 0 spiro atoms. The number of aromatic carboxylic acids is 1. The zero-order valence-corrected chi connectivity index (χ0v) is 9.08. The van der Waals surface area contributed by atoms with E-state index in [1.54, 1.807) is 10.9 Å². The van der Waals surface area contributed by atoms with Crippen molar-refractivity contribution in [2.75, 3.05) is 0 Å². The predicted molar refractivity (Wildman–Crippen MR) is 55.7 cm³/mol. The number of aryl methyl sites for hydroxylation is 1. The van der Waals surface area contributed by atoms with E-state index in [0.717, 1.165) is 22.7 Å². The summed E-state index contributed by atoms with van der Waals surface area (Å²) in [4.78, 5) is 19.1. The zero-order valence-electron chi connectivity index (χ0n) is 8.26. The van der Waals surface area contributed by atoms with Crippen LogP contribution < -0.4 is 0 Å². The average molecular weight is 223 g/mol. The molecule has 2 rings (SSSR count). The molecular formula is C9H9N3O2S. The van der Waals surface area contributed by atoms with Gasteiger partial charge in [-0.15, -0.1) is 0 Å². The SMILES string of the molecule is Cc1ncn(-c2ncc(C(=O)O)s2)c1C. The summed E-state index contributed by atoms with van der Waals surface area (Å²) >= 11 is 1.13. The van der Waals surface area contributed by atoms with Crippen LogP contribution in [0.4, 0.5) is 0 Å². The highest BCUT2D eigenvalue weighted by Crippen LogP contribution is 2.19. The number of imidazole rings is 1. The lowest BCUT2D eigenvalue weighted by atomic mass is 10.4. The molecule has 2 aromatic heterocycles. The molecule has 0 aliphatic heterocycles. The van der Waals surface area contributed by atoms with E-state index in [4.69, 9.17) is 5.11 Å². The van der Waals surface area contributed by atoms with Gasteiger partial charge in [0.1, 0.15) is 11.2 Å². The van der Waals surface area contributed by atoms with Crippen molar-refractivity contribution in [1.82, 2.24) is 14.5 Å². The maximum absolute atomic E-state index is 10.7. The van der Waals surface area contributed by atoms with Crippen LogP contribution in [0.5, 0.6) is 0 Å². The summed E-state index contributed by atoms with van der Waals surface area (Å²) in [5.74, 6) is -0.951. The van der Waals surface area contributed by atoms with Gasteiger partial charge in [-0.1, -0.05) is 11.3 Å². The molecule has 2 heterocycles. The maximum atomic E-state index is 10.7. The first-order valence-corrected chi connectivity index (χ1v) is 5.11. The second kappa shape index (κ2) is 3.47. The molecule has 1 N–H and O–H groups in total. The van der Waals surface area contributed by atoms with E-state index >= 15 is 0 Å². The average Bonchev–Trinajstić information content (AvgIpc) is 2.76. The Morgan fingerprint density at radius 1 is 1.47 bits per heavy atom. The molecule has 78 valence electrons. The fourth-order valence-corrected chi connectivity index (χ4v) is 1.94. The van der Waals surface area contributed by atoms with E-state index < -0.39 is 5.97 Å². The summed E-state index contributed by atoms with van der Waals surface area (Å²) in [6.45, 7) is 3.82. The molecule has 0 saturated heterocycles. The molecule has 0 aromatic carbocycles. The Labute approximate surface area is 90.0 Å². The molecule has 15 heavy (non-hydrogen) atoms. The van der Waals surface area contributed by atoms with E-state index in [9.17, 15) is 4.79 Å². The van der Waals surface area contributed by atoms with Gasteiger partial charge in [-0.05, 0) is 13.8 Å². The third-order valence-electron chi connectivity index (χ3n) is 2.16. The molecule has 0 unspecified atom stereocenters. The molecule has 0 atom stereocenters. The van der Waals surface area contributed by atoms with Gasteiger partial charge < -0.3 is 5.11 Å². The Morgan fingerprint density at radius 3 is 2.67 bits per heavy atom. The van der Waals surface area contributed by atoms with Crippen molar-refractivity contribution in [2.24, 2.45) is 0 Å². The van der Waals surface area contributed by atoms with Gasteiger partial charge in [-0.2, -0.15) is 0 Å². The highest BCUT2D eigenvalue weighted by Gasteiger charge is 2.11. The van der Waals surface area contributed by atoms with E-state index in [2.05, 4.69) is 9.97 Å². The van der Waals surface area contributed by atoms with Crippen LogP contribution in [0.25, 0.3) is 5.13 Å². The summed E-state index contributed by atoms with van der Waals surface area (Å²) in [5.41, 5.74) is 1.89. The van der Waals surface area contributed by atoms with E-state index in [-0.39, 0.29) is 4.88 Å². The Morgan fingerprint density at radius 2 is 2.20 bits per heavy atom. The van der Waals surface area contributed by atoms with Gasteiger partial charge in [-0.25, -0.2) is 14.8 Å². The van der Waals surface area contributed by atoms with Crippen molar-refractivity contribution in [3.05, 3.63) is 28.8 Å². The Hall–Kier alpha value is -1.69. The first kappa shape index (κ1) is 9.85. The monoisotopic (exact) mass is 223 g/mol. The molecule has 0 bridgehead atoms. The van der Waals surface area contributed by atoms with Crippen LogP contribution >= 0.6 is 11.3 Å². The lowest BCUT2D eigenvalue weighted by Gasteiger charge is -1.98. The summed E-state index contributed by atoms with van der Waals surface area (Å²) < 4.78 is 1.78. The van der Waals surface area contributed by atoms with Gasteiger partial charge in [0.2, 0.25) is 0 Å². The number of hydrogen-bond donors (Lipinski definition) is 1. The quantitative estimate of drug-likeness (QED) is 0.840. The molecule has 0 aliphatic rings. The lowest BCUT2D eigenvalue weighted by Crippen LogP contribution is -1.93. The third-order valence-corrected chi connectivity index (χ3v) is 3.15. The topological polar surface area (TPSA) is 68.0 Å². The highest BCUT2D eigenvalue weighted by atomic mass is 32.1. The van der Waals surface area contributed by atoms with Crippen LogP contribution in [0.2, 0.25) is 0 Å². The van der Waals surface area contributed by atoms with Crippen molar-refractivity contribution in [2.45, 2.75) is 13.8 Å².